The number of alkyl halides is 6. The second kappa shape index (κ2) is 11.5. The van der Waals surface area contributed by atoms with Crippen LogP contribution in [0.15, 0.2) is 60.7 Å². The number of rotatable bonds is 6. The lowest BCUT2D eigenvalue weighted by molar-refractivity contribution is -0.138. The second-order valence-corrected chi connectivity index (χ2v) is 9.96. The number of fused-ring (bicyclic) bond motifs is 1. The summed E-state index contributed by atoms with van der Waals surface area (Å²) in [6.07, 6.45) is -10.3. The fourth-order valence-corrected chi connectivity index (χ4v) is 5.28. The van der Waals surface area contributed by atoms with Gasteiger partial charge in [-0.15, -0.1) is 0 Å². The molecule has 2 atom stereocenters. The van der Waals surface area contributed by atoms with Crippen molar-refractivity contribution in [2.45, 2.75) is 31.2 Å². The van der Waals surface area contributed by atoms with E-state index in [2.05, 4.69) is 9.88 Å². The van der Waals surface area contributed by atoms with E-state index >= 15 is 0 Å². The molecular formula is C28H30F6N6O. The molecule has 5 rings (SSSR count). The average Bonchev–Trinajstić information content (AvgIpc) is 2.94. The molecule has 0 aliphatic carbocycles. The van der Waals surface area contributed by atoms with Crippen molar-refractivity contribution >= 4 is 11.5 Å². The minimum atomic E-state index is -4.59. The van der Waals surface area contributed by atoms with Crippen LogP contribution in [0.2, 0.25) is 0 Å². The molecule has 0 saturated carbocycles. The van der Waals surface area contributed by atoms with E-state index in [4.69, 9.17) is 16.2 Å². The molecule has 0 bridgehead atoms. The maximum Gasteiger partial charge on any atom is 0.417 e. The van der Waals surface area contributed by atoms with Gasteiger partial charge in [0.15, 0.2) is 6.29 Å². The number of nitrogens with zero attached hydrogens (tertiary/aromatic N) is 4. The molecule has 13 heteroatoms. The predicted molar refractivity (Wildman–Crippen MR) is 143 cm³/mol. The summed E-state index contributed by atoms with van der Waals surface area (Å²) in [6, 6.07) is 12.8. The van der Waals surface area contributed by atoms with Crippen LogP contribution in [0.25, 0.3) is 11.3 Å². The molecule has 0 amide bonds. The van der Waals surface area contributed by atoms with Crippen molar-refractivity contribution in [3.05, 3.63) is 77.4 Å². The van der Waals surface area contributed by atoms with Crippen molar-refractivity contribution in [3.8, 4) is 11.3 Å². The Morgan fingerprint density at radius 2 is 1.51 bits per heavy atom. The minimum absolute atomic E-state index is 0.0802. The first-order valence-electron chi connectivity index (χ1n) is 13.2. The van der Waals surface area contributed by atoms with Crippen molar-refractivity contribution in [2.75, 3.05) is 49.2 Å². The number of anilines is 2. The molecule has 1 aromatic heterocycles. The van der Waals surface area contributed by atoms with Crippen LogP contribution in [0.1, 0.15) is 29.3 Å². The number of hydrogen-bond acceptors (Lipinski definition) is 7. The predicted octanol–water partition coefficient (Wildman–Crippen LogP) is 5.03. The van der Waals surface area contributed by atoms with E-state index < -0.39 is 35.9 Å². The Hall–Kier alpha value is -3.39. The second-order valence-electron chi connectivity index (χ2n) is 9.96. The summed E-state index contributed by atoms with van der Waals surface area (Å²) in [5, 5.41) is 0. The summed E-state index contributed by atoms with van der Waals surface area (Å²) in [5.41, 5.74) is 12.5. The van der Waals surface area contributed by atoms with Crippen molar-refractivity contribution in [1.29, 1.82) is 0 Å². The molecule has 2 unspecified atom stereocenters. The van der Waals surface area contributed by atoms with E-state index in [1.165, 1.54) is 36.4 Å². The Balaban J connectivity index is 1.52. The molecule has 0 spiro atoms. The van der Waals surface area contributed by atoms with Gasteiger partial charge in [0.1, 0.15) is 12.0 Å². The topological polar surface area (TPSA) is 83.9 Å². The maximum atomic E-state index is 13.8. The molecule has 2 aliphatic heterocycles. The zero-order valence-corrected chi connectivity index (χ0v) is 22.0. The fraction of sp³-hybridized carbons (Fsp3) is 0.393. The number of hydrogen-bond donors (Lipinski definition) is 2. The van der Waals surface area contributed by atoms with Crippen LogP contribution in [0.3, 0.4) is 0 Å². The van der Waals surface area contributed by atoms with Gasteiger partial charge < -0.3 is 20.3 Å². The van der Waals surface area contributed by atoms with Crippen molar-refractivity contribution in [3.63, 3.8) is 0 Å². The van der Waals surface area contributed by atoms with Crippen LogP contribution < -0.4 is 21.3 Å². The van der Waals surface area contributed by atoms with Gasteiger partial charge in [0.05, 0.1) is 30.0 Å². The molecule has 4 N–H and O–H groups in total. The molecule has 1 saturated heterocycles. The number of ether oxygens (including phenoxy) is 1. The largest absolute Gasteiger partial charge is 0.417 e. The smallest absolute Gasteiger partial charge is 0.379 e. The van der Waals surface area contributed by atoms with Crippen LogP contribution in [0.4, 0.5) is 37.8 Å². The number of aromatic nitrogens is 1. The molecule has 7 nitrogen and oxygen atoms in total. The van der Waals surface area contributed by atoms with E-state index in [0.29, 0.717) is 43.2 Å². The Morgan fingerprint density at radius 3 is 2.17 bits per heavy atom. The first kappa shape index (κ1) is 29.1. The summed E-state index contributed by atoms with van der Waals surface area (Å²) in [7, 11) is 0. The normalized spacial score (nSPS) is 20.3. The summed E-state index contributed by atoms with van der Waals surface area (Å²) >= 11 is 0. The highest BCUT2D eigenvalue weighted by Crippen LogP contribution is 2.41. The molecule has 3 aromatic rings. The molecule has 41 heavy (non-hydrogen) atoms. The maximum absolute atomic E-state index is 13.8. The highest BCUT2D eigenvalue weighted by Gasteiger charge is 2.39. The SMILES string of the molecule is NC1c2ccc(-c3ccccc3C(F)(F)F)nc2N(CCCN2CCOCC2)C(N)N1c1ccc(C(F)(F)F)cc1. The molecule has 1 fully saturated rings. The number of halogens is 6. The summed E-state index contributed by atoms with van der Waals surface area (Å²) in [5.74, 6) is 0.338. The lowest BCUT2D eigenvalue weighted by Crippen LogP contribution is -2.61. The first-order chi connectivity index (χ1) is 19.4. The van der Waals surface area contributed by atoms with Crippen molar-refractivity contribution in [2.24, 2.45) is 11.5 Å². The zero-order valence-electron chi connectivity index (χ0n) is 22.0. The third-order valence-corrected chi connectivity index (χ3v) is 7.38. The van der Waals surface area contributed by atoms with Crippen molar-refractivity contribution in [1.82, 2.24) is 9.88 Å². The van der Waals surface area contributed by atoms with Crippen LogP contribution in [-0.2, 0) is 17.1 Å². The monoisotopic (exact) mass is 580 g/mol. The molecule has 0 radical (unpaired) electrons. The van der Waals surface area contributed by atoms with E-state index in [-0.39, 0.29) is 11.3 Å². The van der Waals surface area contributed by atoms with E-state index in [0.717, 1.165) is 37.8 Å². The lowest BCUT2D eigenvalue weighted by atomic mass is 10.0. The minimum Gasteiger partial charge on any atom is -0.379 e. The first-order valence-corrected chi connectivity index (χ1v) is 13.2. The van der Waals surface area contributed by atoms with Gasteiger partial charge in [-0.25, -0.2) is 4.98 Å². The lowest BCUT2D eigenvalue weighted by Gasteiger charge is -2.47. The highest BCUT2D eigenvalue weighted by atomic mass is 19.4. The van der Waals surface area contributed by atoms with Gasteiger partial charge in [-0.05, 0) is 48.9 Å². The summed E-state index contributed by atoms with van der Waals surface area (Å²) in [4.78, 5) is 10.2. The summed E-state index contributed by atoms with van der Waals surface area (Å²) < 4.78 is 86.3. The number of benzene rings is 2. The van der Waals surface area contributed by atoms with Gasteiger partial charge in [0.2, 0.25) is 0 Å². The van der Waals surface area contributed by atoms with Crippen LogP contribution in [0, 0.1) is 0 Å². The van der Waals surface area contributed by atoms with Crippen molar-refractivity contribution < 1.29 is 31.1 Å². The van der Waals surface area contributed by atoms with Gasteiger partial charge in [0.25, 0.3) is 0 Å². The molecule has 2 aliphatic rings. The molecular weight excluding hydrogens is 550 g/mol. The Bertz CT molecular complexity index is 1340. The van der Waals surface area contributed by atoms with Crippen LogP contribution in [0.5, 0.6) is 0 Å². The molecule has 220 valence electrons. The third kappa shape index (κ3) is 6.13. The van der Waals surface area contributed by atoms with Crippen LogP contribution in [-0.4, -0.2) is 55.6 Å². The van der Waals surface area contributed by atoms with E-state index in [1.54, 1.807) is 15.9 Å². The zero-order chi connectivity index (χ0) is 29.4. The fourth-order valence-electron chi connectivity index (χ4n) is 5.28. The number of pyridine rings is 1. The van der Waals surface area contributed by atoms with E-state index in [1.807, 2.05) is 0 Å². The van der Waals surface area contributed by atoms with Gasteiger partial charge in [-0.1, -0.05) is 18.2 Å². The van der Waals surface area contributed by atoms with E-state index in [9.17, 15) is 26.3 Å². The number of nitrogens with two attached hydrogens (primary N) is 2. The van der Waals surface area contributed by atoms with Gasteiger partial charge in [-0.2, -0.15) is 26.3 Å². The number of morpholine rings is 1. The quantitative estimate of drug-likeness (QED) is 0.396. The van der Waals surface area contributed by atoms with Crippen LogP contribution >= 0.6 is 0 Å². The van der Waals surface area contributed by atoms with Gasteiger partial charge >= 0.3 is 12.4 Å². The standard InChI is InChI=1S/C28H30F6N6O/c29-27(30,31)18-6-8-19(9-7-18)40-24(35)21-10-11-23(20-4-1-2-5-22(20)28(32,33)34)37-25(21)39(26(40)36)13-3-12-38-14-16-41-17-15-38/h1-2,4-11,24,26H,3,12-17,35-36H2. The summed E-state index contributed by atoms with van der Waals surface area (Å²) in [6.45, 7) is 3.93. The Morgan fingerprint density at radius 1 is 0.829 bits per heavy atom. The molecule has 2 aromatic carbocycles. The van der Waals surface area contributed by atoms with Gasteiger partial charge in [0, 0.05) is 43.0 Å². The highest BCUT2D eigenvalue weighted by molar-refractivity contribution is 5.70. The molecule has 3 heterocycles. The van der Waals surface area contributed by atoms with Gasteiger partial charge in [-0.3, -0.25) is 10.6 Å². The average molecular weight is 581 g/mol. The Labute approximate surface area is 233 Å². The third-order valence-electron chi connectivity index (χ3n) is 7.38. The Kier molecular flexibility index (Phi) is 8.15.